The summed E-state index contributed by atoms with van der Waals surface area (Å²) in [6, 6.07) is 2.05. The predicted molar refractivity (Wildman–Crippen MR) is 66.5 cm³/mol. The number of nitrogens with one attached hydrogen (secondary N) is 1. The molecule has 0 amide bonds. The number of fused-ring (bicyclic) bond motifs is 1. The molecule has 4 heteroatoms. The molecule has 2 aromatic heterocycles. The molecule has 0 saturated heterocycles. The Morgan fingerprint density at radius 2 is 2.00 bits per heavy atom. The zero-order valence-electron chi connectivity index (χ0n) is 9.55. The number of H-pyrrole nitrogens is 1. The van der Waals surface area contributed by atoms with Gasteiger partial charge in [-0.05, 0) is 12.7 Å². The molecule has 0 aliphatic rings. The van der Waals surface area contributed by atoms with E-state index in [-0.39, 0.29) is 5.41 Å². The molecule has 0 bridgehead atoms. The monoisotopic (exact) mass is 221 g/mol. The Morgan fingerprint density at radius 1 is 1.27 bits per heavy atom. The highest BCUT2D eigenvalue weighted by atomic mass is 31.1. The second-order valence-electron chi connectivity index (χ2n) is 4.64. The van der Waals surface area contributed by atoms with Gasteiger partial charge >= 0.3 is 0 Å². The molecular weight excluding hydrogens is 205 g/mol. The minimum Gasteiger partial charge on any atom is -0.346 e. The van der Waals surface area contributed by atoms with E-state index in [1.54, 1.807) is 0 Å². The first-order valence-electron chi connectivity index (χ1n) is 5.06. The summed E-state index contributed by atoms with van der Waals surface area (Å²) in [4.78, 5) is 12.3. The standard InChI is InChI=1S/C11H16N3P/c1-11(2,3)8-7-5-6-12-9(7)14-10(13-8)15-4/h5-6,15H,1-4H3,(H,12,13,14). The number of hydrogen-bond donors (Lipinski definition) is 1. The van der Waals surface area contributed by atoms with Gasteiger partial charge in [-0.1, -0.05) is 29.4 Å². The van der Waals surface area contributed by atoms with Gasteiger partial charge in [0, 0.05) is 17.0 Å². The maximum absolute atomic E-state index is 4.64. The van der Waals surface area contributed by atoms with Crippen LogP contribution in [0.4, 0.5) is 0 Å². The summed E-state index contributed by atoms with van der Waals surface area (Å²) in [6.07, 6.45) is 1.93. The molecule has 0 radical (unpaired) electrons. The van der Waals surface area contributed by atoms with Gasteiger partial charge in [0.25, 0.3) is 0 Å². The van der Waals surface area contributed by atoms with Crippen molar-refractivity contribution in [2.24, 2.45) is 0 Å². The van der Waals surface area contributed by atoms with Crippen LogP contribution >= 0.6 is 8.58 Å². The van der Waals surface area contributed by atoms with Crippen LogP contribution < -0.4 is 5.57 Å². The van der Waals surface area contributed by atoms with Crippen LogP contribution in [0.1, 0.15) is 26.5 Å². The van der Waals surface area contributed by atoms with Gasteiger partial charge in [-0.25, -0.2) is 9.97 Å². The Balaban J connectivity index is 2.74. The highest BCUT2D eigenvalue weighted by Crippen LogP contribution is 2.26. The van der Waals surface area contributed by atoms with E-state index in [9.17, 15) is 0 Å². The summed E-state index contributed by atoms with van der Waals surface area (Å²) < 4.78 is 0. The topological polar surface area (TPSA) is 41.6 Å². The first kappa shape index (κ1) is 10.6. The van der Waals surface area contributed by atoms with Crippen molar-refractivity contribution in [3.05, 3.63) is 18.0 Å². The average molecular weight is 221 g/mol. The third kappa shape index (κ3) is 1.89. The van der Waals surface area contributed by atoms with E-state index in [1.807, 2.05) is 6.20 Å². The molecule has 1 atom stereocenters. The van der Waals surface area contributed by atoms with Crippen LogP contribution in [-0.2, 0) is 5.41 Å². The molecule has 0 aromatic carbocycles. The van der Waals surface area contributed by atoms with Crippen molar-refractivity contribution in [2.45, 2.75) is 26.2 Å². The normalized spacial score (nSPS) is 13.1. The Kier molecular flexibility index (Phi) is 2.51. The van der Waals surface area contributed by atoms with Gasteiger partial charge in [-0.15, -0.1) is 0 Å². The van der Waals surface area contributed by atoms with Gasteiger partial charge in [0.1, 0.15) is 11.2 Å². The van der Waals surface area contributed by atoms with E-state index in [4.69, 9.17) is 0 Å². The molecule has 3 nitrogen and oxygen atoms in total. The zero-order valence-corrected chi connectivity index (χ0v) is 10.5. The summed E-state index contributed by atoms with van der Waals surface area (Å²) in [5.41, 5.74) is 3.10. The van der Waals surface area contributed by atoms with Crippen LogP contribution in [0.15, 0.2) is 12.3 Å². The average Bonchev–Trinajstić information content (AvgIpc) is 2.61. The highest BCUT2D eigenvalue weighted by Gasteiger charge is 2.20. The smallest absolute Gasteiger partial charge is 0.149 e. The molecule has 2 rings (SSSR count). The molecule has 1 N–H and O–H groups in total. The van der Waals surface area contributed by atoms with E-state index in [1.165, 1.54) is 0 Å². The number of aromatic nitrogens is 3. The third-order valence-corrected chi connectivity index (χ3v) is 3.02. The van der Waals surface area contributed by atoms with Crippen LogP contribution in [0.5, 0.6) is 0 Å². The molecule has 0 fully saturated rings. The van der Waals surface area contributed by atoms with Gasteiger partial charge in [-0.3, -0.25) is 0 Å². The summed E-state index contributed by atoms with van der Waals surface area (Å²) >= 11 is 0. The number of hydrogen-bond acceptors (Lipinski definition) is 2. The van der Waals surface area contributed by atoms with E-state index in [2.05, 4.69) is 48.5 Å². The van der Waals surface area contributed by atoms with Gasteiger partial charge < -0.3 is 4.98 Å². The fourth-order valence-electron chi connectivity index (χ4n) is 1.62. The Bertz CT molecular complexity index is 482. The van der Waals surface area contributed by atoms with E-state index >= 15 is 0 Å². The number of rotatable bonds is 1. The van der Waals surface area contributed by atoms with Crippen LogP contribution in [0.2, 0.25) is 0 Å². The minimum atomic E-state index is 0.0672. The van der Waals surface area contributed by atoms with Crippen LogP contribution in [0.25, 0.3) is 11.0 Å². The lowest BCUT2D eigenvalue weighted by Gasteiger charge is -2.19. The van der Waals surface area contributed by atoms with Crippen molar-refractivity contribution in [2.75, 3.05) is 6.66 Å². The molecule has 2 aromatic rings. The minimum absolute atomic E-state index is 0.0672. The van der Waals surface area contributed by atoms with E-state index < -0.39 is 0 Å². The lowest BCUT2D eigenvalue weighted by Crippen LogP contribution is -2.20. The quantitative estimate of drug-likeness (QED) is 0.750. The highest BCUT2D eigenvalue weighted by molar-refractivity contribution is 7.45. The Morgan fingerprint density at radius 3 is 2.60 bits per heavy atom. The molecule has 0 aliphatic heterocycles. The van der Waals surface area contributed by atoms with Crippen LogP contribution in [0, 0.1) is 0 Å². The van der Waals surface area contributed by atoms with Crippen molar-refractivity contribution in [3.63, 3.8) is 0 Å². The van der Waals surface area contributed by atoms with Crippen molar-refractivity contribution < 1.29 is 0 Å². The molecule has 15 heavy (non-hydrogen) atoms. The summed E-state index contributed by atoms with van der Waals surface area (Å²) in [7, 11) is 0.639. The molecular formula is C11H16N3P. The predicted octanol–water partition coefficient (Wildman–Crippen LogP) is 2.19. The summed E-state index contributed by atoms with van der Waals surface area (Å²) in [5, 5.41) is 1.14. The SMILES string of the molecule is CPc1nc(C(C)(C)C)c2cc[nH]c2n1. The molecule has 0 spiro atoms. The molecule has 0 aliphatic carbocycles. The second kappa shape index (κ2) is 3.57. The lowest BCUT2D eigenvalue weighted by molar-refractivity contribution is 0.576. The van der Waals surface area contributed by atoms with Crippen molar-refractivity contribution >= 4 is 25.2 Å². The Labute approximate surface area is 91.5 Å². The summed E-state index contributed by atoms with van der Waals surface area (Å²) in [6.45, 7) is 8.66. The fourth-order valence-corrected chi connectivity index (χ4v) is 2.07. The second-order valence-corrected chi connectivity index (χ2v) is 5.58. The van der Waals surface area contributed by atoms with Crippen molar-refractivity contribution in [3.8, 4) is 0 Å². The molecule has 0 saturated carbocycles. The molecule has 2 heterocycles. The number of nitrogens with zero attached hydrogens (tertiary/aromatic N) is 2. The van der Waals surface area contributed by atoms with Gasteiger partial charge in [-0.2, -0.15) is 0 Å². The third-order valence-electron chi connectivity index (χ3n) is 2.35. The van der Waals surface area contributed by atoms with Gasteiger partial charge in [0.15, 0.2) is 0 Å². The maximum atomic E-state index is 4.64. The van der Waals surface area contributed by atoms with Crippen molar-refractivity contribution in [1.82, 2.24) is 15.0 Å². The largest absolute Gasteiger partial charge is 0.346 e. The van der Waals surface area contributed by atoms with Gasteiger partial charge in [0.2, 0.25) is 0 Å². The van der Waals surface area contributed by atoms with E-state index in [0.717, 1.165) is 22.3 Å². The van der Waals surface area contributed by atoms with Crippen LogP contribution in [-0.4, -0.2) is 21.6 Å². The fraction of sp³-hybridized carbons (Fsp3) is 0.455. The van der Waals surface area contributed by atoms with E-state index in [0.29, 0.717) is 8.58 Å². The van der Waals surface area contributed by atoms with Crippen LogP contribution in [0.3, 0.4) is 0 Å². The lowest BCUT2D eigenvalue weighted by atomic mass is 9.90. The first-order valence-corrected chi connectivity index (χ1v) is 6.56. The summed E-state index contributed by atoms with van der Waals surface area (Å²) in [5.74, 6) is 0. The molecule has 1 unspecified atom stereocenters. The maximum Gasteiger partial charge on any atom is 0.149 e. The first-order chi connectivity index (χ1) is 7.02. The number of aromatic amines is 1. The Hall–Kier alpha value is -0.950. The molecule has 80 valence electrons. The van der Waals surface area contributed by atoms with Gasteiger partial charge in [0.05, 0.1) is 5.69 Å². The van der Waals surface area contributed by atoms with Crippen molar-refractivity contribution in [1.29, 1.82) is 0 Å². The zero-order chi connectivity index (χ0) is 11.1.